The Morgan fingerprint density at radius 1 is 1.67 bits per heavy atom. The van der Waals surface area contributed by atoms with Crippen molar-refractivity contribution in [2.75, 3.05) is 0 Å². The molecule has 0 unspecified atom stereocenters. The zero-order valence-electron chi connectivity index (χ0n) is 5.42. The predicted molar refractivity (Wildman–Crippen MR) is 38.7 cm³/mol. The Morgan fingerprint density at radius 3 is 2.89 bits per heavy atom. The molecule has 9 heavy (non-hydrogen) atoms. The molecule has 0 bridgehead atoms. The minimum absolute atomic E-state index is 0.529. The fourth-order valence-electron chi connectivity index (χ4n) is 0.961. The first-order valence-corrected chi connectivity index (χ1v) is 4.00. The SMILES string of the molecule is CC1(c2ccns2)CC1. The van der Waals surface area contributed by atoms with Crippen molar-refractivity contribution in [1.29, 1.82) is 0 Å². The Balaban J connectivity index is 2.34. The monoisotopic (exact) mass is 139 g/mol. The van der Waals surface area contributed by atoms with Gasteiger partial charge in [-0.05, 0) is 30.4 Å². The van der Waals surface area contributed by atoms with Gasteiger partial charge in [0.25, 0.3) is 0 Å². The largest absolute Gasteiger partial charge is 0.201 e. The Kier molecular flexibility index (Phi) is 0.943. The first-order valence-electron chi connectivity index (χ1n) is 3.22. The number of nitrogens with zero attached hydrogens (tertiary/aromatic N) is 1. The van der Waals surface area contributed by atoms with E-state index in [1.54, 1.807) is 11.5 Å². The van der Waals surface area contributed by atoms with Crippen LogP contribution in [0.4, 0.5) is 0 Å². The quantitative estimate of drug-likeness (QED) is 0.581. The third kappa shape index (κ3) is 0.778. The molecule has 2 rings (SSSR count). The maximum absolute atomic E-state index is 4.07. The van der Waals surface area contributed by atoms with Crippen molar-refractivity contribution >= 4 is 11.5 Å². The molecule has 1 aliphatic carbocycles. The molecule has 48 valence electrons. The molecule has 1 heterocycles. The zero-order valence-corrected chi connectivity index (χ0v) is 6.24. The average molecular weight is 139 g/mol. The summed E-state index contributed by atoms with van der Waals surface area (Å²) in [5, 5.41) is 0. The summed E-state index contributed by atoms with van der Waals surface area (Å²) in [4.78, 5) is 1.46. The molecular formula is C7H9NS. The number of hydrogen-bond acceptors (Lipinski definition) is 2. The van der Waals surface area contributed by atoms with Crippen molar-refractivity contribution in [3.05, 3.63) is 17.1 Å². The summed E-state index contributed by atoms with van der Waals surface area (Å²) in [7, 11) is 0. The molecule has 1 aromatic rings. The van der Waals surface area contributed by atoms with Crippen LogP contribution in [-0.2, 0) is 5.41 Å². The molecule has 1 aromatic heterocycles. The second kappa shape index (κ2) is 1.57. The van der Waals surface area contributed by atoms with Crippen LogP contribution in [0, 0.1) is 0 Å². The number of hydrogen-bond donors (Lipinski definition) is 0. The van der Waals surface area contributed by atoms with E-state index in [4.69, 9.17) is 0 Å². The van der Waals surface area contributed by atoms with Gasteiger partial charge in [-0.2, -0.15) is 0 Å². The highest BCUT2D eigenvalue weighted by Gasteiger charge is 2.40. The van der Waals surface area contributed by atoms with Gasteiger partial charge in [0.15, 0.2) is 0 Å². The Hall–Kier alpha value is -0.370. The molecule has 0 spiro atoms. The fourth-order valence-corrected chi connectivity index (χ4v) is 1.74. The third-order valence-electron chi connectivity index (χ3n) is 2.03. The minimum Gasteiger partial charge on any atom is -0.201 e. The van der Waals surface area contributed by atoms with Crippen LogP contribution in [0.25, 0.3) is 0 Å². The van der Waals surface area contributed by atoms with E-state index in [9.17, 15) is 0 Å². The van der Waals surface area contributed by atoms with Crippen LogP contribution in [0.2, 0.25) is 0 Å². The third-order valence-corrected chi connectivity index (χ3v) is 3.09. The maximum Gasteiger partial charge on any atom is 0.0409 e. The summed E-state index contributed by atoms with van der Waals surface area (Å²) in [6, 6.07) is 2.14. The van der Waals surface area contributed by atoms with Crippen molar-refractivity contribution < 1.29 is 0 Å². The van der Waals surface area contributed by atoms with Crippen LogP contribution in [0.1, 0.15) is 24.6 Å². The lowest BCUT2D eigenvalue weighted by molar-refractivity contribution is 0.809. The minimum atomic E-state index is 0.529. The summed E-state index contributed by atoms with van der Waals surface area (Å²) >= 11 is 1.64. The van der Waals surface area contributed by atoms with E-state index in [2.05, 4.69) is 17.4 Å². The summed E-state index contributed by atoms with van der Waals surface area (Å²) in [5.74, 6) is 0. The molecule has 0 atom stereocenters. The van der Waals surface area contributed by atoms with Gasteiger partial charge in [0.2, 0.25) is 0 Å². The van der Waals surface area contributed by atoms with Crippen LogP contribution in [0.5, 0.6) is 0 Å². The van der Waals surface area contributed by atoms with Crippen LogP contribution in [0.3, 0.4) is 0 Å². The summed E-state index contributed by atoms with van der Waals surface area (Å²) in [6.45, 7) is 2.31. The van der Waals surface area contributed by atoms with Crippen molar-refractivity contribution in [1.82, 2.24) is 4.37 Å². The first kappa shape index (κ1) is 5.42. The van der Waals surface area contributed by atoms with Crippen molar-refractivity contribution in [2.45, 2.75) is 25.2 Å². The molecular weight excluding hydrogens is 130 g/mol. The Morgan fingerprint density at radius 2 is 2.44 bits per heavy atom. The molecule has 1 saturated carbocycles. The highest BCUT2D eigenvalue weighted by Crippen LogP contribution is 2.48. The van der Waals surface area contributed by atoms with Gasteiger partial charge >= 0.3 is 0 Å². The Bertz CT molecular complexity index is 199. The van der Waals surface area contributed by atoms with Crippen LogP contribution < -0.4 is 0 Å². The topological polar surface area (TPSA) is 12.9 Å². The van der Waals surface area contributed by atoms with Gasteiger partial charge < -0.3 is 0 Å². The van der Waals surface area contributed by atoms with Gasteiger partial charge in [-0.15, -0.1) is 0 Å². The summed E-state index contributed by atoms with van der Waals surface area (Å²) in [6.07, 6.45) is 4.61. The highest BCUT2D eigenvalue weighted by molar-refractivity contribution is 7.05. The van der Waals surface area contributed by atoms with Gasteiger partial charge in [0.1, 0.15) is 0 Å². The van der Waals surface area contributed by atoms with E-state index in [-0.39, 0.29) is 0 Å². The van der Waals surface area contributed by atoms with E-state index in [0.29, 0.717) is 5.41 Å². The van der Waals surface area contributed by atoms with E-state index in [1.165, 1.54) is 17.7 Å². The van der Waals surface area contributed by atoms with E-state index >= 15 is 0 Å². The fraction of sp³-hybridized carbons (Fsp3) is 0.571. The molecule has 1 nitrogen and oxygen atoms in total. The maximum atomic E-state index is 4.07. The summed E-state index contributed by atoms with van der Waals surface area (Å²) in [5.41, 5.74) is 0.529. The van der Waals surface area contributed by atoms with Gasteiger partial charge in [0, 0.05) is 16.5 Å². The lowest BCUT2D eigenvalue weighted by atomic mass is 10.1. The number of rotatable bonds is 1. The second-order valence-electron chi connectivity index (χ2n) is 2.94. The second-order valence-corrected chi connectivity index (χ2v) is 3.77. The lowest BCUT2D eigenvalue weighted by Crippen LogP contribution is -1.93. The molecule has 1 aliphatic rings. The molecule has 2 heteroatoms. The highest BCUT2D eigenvalue weighted by atomic mass is 32.1. The van der Waals surface area contributed by atoms with Gasteiger partial charge in [0.05, 0.1) is 0 Å². The molecule has 1 fully saturated rings. The molecule has 0 amide bonds. The van der Waals surface area contributed by atoms with Crippen LogP contribution in [-0.4, -0.2) is 4.37 Å². The van der Waals surface area contributed by atoms with Gasteiger partial charge in [-0.25, -0.2) is 4.37 Å². The molecule has 0 saturated heterocycles. The smallest absolute Gasteiger partial charge is 0.0409 e. The van der Waals surface area contributed by atoms with Gasteiger partial charge in [-0.1, -0.05) is 6.92 Å². The predicted octanol–water partition coefficient (Wildman–Crippen LogP) is 2.19. The molecule has 0 aliphatic heterocycles. The van der Waals surface area contributed by atoms with E-state index in [0.717, 1.165) is 0 Å². The normalized spacial score (nSPS) is 21.9. The molecule has 0 aromatic carbocycles. The first-order chi connectivity index (χ1) is 4.31. The van der Waals surface area contributed by atoms with Crippen LogP contribution >= 0.6 is 11.5 Å². The lowest BCUT2D eigenvalue weighted by Gasteiger charge is -1.99. The van der Waals surface area contributed by atoms with Crippen molar-refractivity contribution in [2.24, 2.45) is 0 Å². The van der Waals surface area contributed by atoms with E-state index < -0.39 is 0 Å². The van der Waals surface area contributed by atoms with E-state index in [1.807, 2.05) is 6.20 Å². The van der Waals surface area contributed by atoms with Crippen molar-refractivity contribution in [3.8, 4) is 0 Å². The Labute approximate surface area is 58.9 Å². The van der Waals surface area contributed by atoms with Crippen LogP contribution in [0.15, 0.2) is 12.3 Å². The summed E-state index contributed by atoms with van der Waals surface area (Å²) < 4.78 is 4.07. The van der Waals surface area contributed by atoms with Crippen molar-refractivity contribution in [3.63, 3.8) is 0 Å². The molecule has 0 radical (unpaired) electrons. The number of aromatic nitrogens is 1. The standard InChI is InChI=1S/C7H9NS/c1-7(3-4-7)6-2-5-8-9-6/h2,5H,3-4H2,1H3. The molecule has 0 N–H and O–H groups in total. The van der Waals surface area contributed by atoms with Gasteiger partial charge in [-0.3, -0.25) is 0 Å². The average Bonchev–Trinajstić information content (AvgIpc) is 2.46. The zero-order chi connectivity index (χ0) is 6.32.